The Labute approximate surface area is 226 Å². The molecule has 1 saturated carbocycles. The summed E-state index contributed by atoms with van der Waals surface area (Å²) in [6.07, 6.45) is 3.77. The topological polar surface area (TPSA) is 86.3 Å². The second-order valence-corrected chi connectivity index (χ2v) is 9.52. The van der Waals surface area contributed by atoms with Gasteiger partial charge in [-0.3, -0.25) is 14.5 Å². The number of benzene rings is 3. The van der Waals surface area contributed by atoms with Gasteiger partial charge in [0.25, 0.3) is 5.91 Å². The predicted molar refractivity (Wildman–Crippen MR) is 143 cm³/mol. The number of carbonyl (C=O) groups excluding carboxylic acids is 2. The molecule has 0 spiro atoms. The molecule has 3 aromatic carbocycles. The third-order valence-corrected chi connectivity index (χ3v) is 7.05. The summed E-state index contributed by atoms with van der Waals surface area (Å²) in [6.45, 7) is 0.779. The average molecular weight is 535 g/mol. The average Bonchev–Trinajstić information content (AvgIpc) is 3.48. The van der Waals surface area contributed by atoms with Gasteiger partial charge >= 0.3 is 0 Å². The zero-order valence-electron chi connectivity index (χ0n) is 21.9. The Morgan fingerprint density at radius 1 is 0.923 bits per heavy atom. The molecule has 39 heavy (non-hydrogen) atoms. The molecule has 1 fully saturated rings. The molecule has 1 heterocycles. The van der Waals surface area contributed by atoms with Gasteiger partial charge in [0.1, 0.15) is 36.6 Å². The fraction of sp³-hybridized carbons (Fsp3) is 0.333. The Morgan fingerprint density at radius 2 is 1.64 bits per heavy atom. The van der Waals surface area contributed by atoms with Gasteiger partial charge in [-0.25, -0.2) is 4.39 Å². The zero-order valence-corrected chi connectivity index (χ0v) is 21.9. The van der Waals surface area contributed by atoms with E-state index in [1.54, 1.807) is 36.4 Å². The summed E-state index contributed by atoms with van der Waals surface area (Å²) in [5.41, 5.74) is 1.06. The molecule has 2 aliphatic rings. The van der Waals surface area contributed by atoms with Crippen LogP contribution in [0.1, 0.15) is 47.6 Å². The fourth-order valence-electron chi connectivity index (χ4n) is 5.08. The van der Waals surface area contributed by atoms with Crippen molar-refractivity contribution in [3.05, 3.63) is 77.6 Å². The van der Waals surface area contributed by atoms with E-state index >= 15 is 0 Å². The van der Waals surface area contributed by atoms with Crippen LogP contribution in [0.15, 0.2) is 60.7 Å². The quantitative estimate of drug-likeness (QED) is 0.435. The Bertz CT molecular complexity index is 1340. The largest absolute Gasteiger partial charge is 0.497 e. The maximum absolute atomic E-state index is 14.4. The number of anilines is 1. The van der Waals surface area contributed by atoms with Gasteiger partial charge in [-0.15, -0.1) is 0 Å². The summed E-state index contributed by atoms with van der Waals surface area (Å²) in [4.78, 5) is 29.8. The van der Waals surface area contributed by atoms with Crippen LogP contribution in [-0.2, 0) is 4.79 Å². The smallest absolute Gasteiger partial charge is 0.259 e. The van der Waals surface area contributed by atoms with Crippen LogP contribution in [0, 0.1) is 5.82 Å². The molecule has 204 valence electrons. The molecule has 1 N–H and O–H groups in total. The summed E-state index contributed by atoms with van der Waals surface area (Å²) < 4.78 is 36.4. The van der Waals surface area contributed by atoms with Crippen molar-refractivity contribution in [2.45, 2.75) is 37.8 Å². The number of hydrogen-bond acceptors (Lipinski definition) is 6. The predicted octanol–water partition coefficient (Wildman–Crippen LogP) is 5.06. The first kappa shape index (κ1) is 26.3. The summed E-state index contributed by atoms with van der Waals surface area (Å²) in [5.74, 6) is 0.522. The number of halogens is 1. The van der Waals surface area contributed by atoms with Crippen molar-refractivity contribution >= 4 is 17.5 Å². The molecule has 0 aromatic heterocycles. The third kappa shape index (κ3) is 5.62. The lowest BCUT2D eigenvalue weighted by Crippen LogP contribution is -2.46. The Kier molecular flexibility index (Phi) is 7.86. The van der Waals surface area contributed by atoms with Crippen molar-refractivity contribution in [2.24, 2.45) is 0 Å². The second-order valence-electron chi connectivity index (χ2n) is 9.52. The first-order chi connectivity index (χ1) is 19.0. The van der Waals surface area contributed by atoms with Crippen LogP contribution in [0.2, 0.25) is 0 Å². The lowest BCUT2D eigenvalue weighted by molar-refractivity contribution is -0.123. The molecule has 5 rings (SSSR count). The van der Waals surface area contributed by atoms with Crippen molar-refractivity contribution in [2.75, 3.05) is 32.3 Å². The van der Waals surface area contributed by atoms with E-state index < -0.39 is 17.8 Å². The van der Waals surface area contributed by atoms with Crippen LogP contribution in [0.5, 0.6) is 23.0 Å². The van der Waals surface area contributed by atoms with Gasteiger partial charge in [0.15, 0.2) is 11.5 Å². The second kappa shape index (κ2) is 11.6. The normalized spacial score (nSPS) is 15.4. The maximum Gasteiger partial charge on any atom is 0.259 e. The van der Waals surface area contributed by atoms with E-state index in [1.165, 1.54) is 43.4 Å². The molecule has 9 heteroatoms. The Balaban J connectivity index is 1.66. The highest BCUT2D eigenvalue weighted by Crippen LogP contribution is 2.40. The molecule has 1 aliphatic heterocycles. The number of rotatable bonds is 8. The van der Waals surface area contributed by atoms with E-state index in [4.69, 9.17) is 18.9 Å². The molecule has 1 atom stereocenters. The highest BCUT2D eigenvalue weighted by atomic mass is 19.1. The molecule has 0 saturated heterocycles. The van der Waals surface area contributed by atoms with Gasteiger partial charge in [0, 0.05) is 17.7 Å². The monoisotopic (exact) mass is 534 g/mol. The number of amides is 2. The first-order valence-electron chi connectivity index (χ1n) is 13.0. The number of carbonyl (C=O) groups is 2. The molecule has 0 bridgehead atoms. The van der Waals surface area contributed by atoms with Crippen LogP contribution in [0.4, 0.5) is 10.1 Å². The van der Waals surface area contributed by atoms with Crippen LogP contribution in [-0.4, -0.2) is 45.3 Å². The van der Waals surface area contributed by atoms with Gasteiger partial charge in [-0.1, -0.05) is 25.0 Å². The van der Waals surface area contributed by atoms with Crippen molar-refractivity contribution in [3.63, 3.8) is 0 Å². The standard InChI is InChI=1S/C30H31FN2O6/c1-36-23-12-14-25(37-2)24(18-23)33(30(35)20-9-13-26-27(17-20)39-16-15-38-26)28(19-7-10-21(31)11-8-19)29(34)32-22-5-3-4-6-22/h7-14,17-18,22,28H,3-6,15-16H2,1-2H3,(H,32,34)/t28-/m1/s1. The molecular formula is C30H31FN2O6. The van der Waals surface area contributed by atoms with Gasteiger partial charge in [0.2, 0.25) is 5.91 Å². The van der Waals surface area contributed by atoms with E-state index in [2.05, 4.69) is 5.32 Å². The van der Waals surface area contributed by atoms with E-state index in [0.29, 0.717) is 47.5 Å². The third-order valence-electron chi connectivity index (χ3n) is 7.05. The molecule has 2 amide bonds. The Morgan fingerprint density at radius 3 is 2.33 bits per heavy atom. The number of hydrogen-bond donors (Lipinski definition) is 1. The first-order valence-corrected chi connectivity index (χ1v) is 13.0. The van der Waals surface area contributed by atoms with Gasteiger partial charge < -0.3 is 24.3 Å². The highest BCUT2D eigenvalue weighted by molar-refractivity contribution is 6.11. The Hall–Kier alpha value is -4.27. The van der Waals surface area contributed by atoms with Crippen molar-refractivity contribution in [1.29, 1.82) is 0 Å². The molecule has 0 radical (unpaired) electrons. The van der Waals surface area contributed by atoms with Crippen molar-refractivity contribution < 1.29 is 32.9 Å². The van der Waals surface area contributed by atoms with Crippen LogP contribution in [0.3, 0.4) is 0 Å². The number of methoxy groups -OCH3 is 2. The lowest BCUT2D eigenvalue weighted by atomic mass is 10.0. The van der Waals surface area contributed by atoms with Crippen LogP contribution < -0.4 is 29.2 Å². The van der Waals surface area contributed by atoms with Gasteiger partial charge in [0.05, 0.1) is 19.9 Å². The van der Waals surface area contributed by atoms with Gasteiger partial charge in [-0.2, -0.15) is 0 Å². The molecule has 0 unspecified atom stereocenters. The van der Waals surface area contributed by atoms with Crippen LogP contribution >= 0.6 is 0 Å². The number of nitrogens with one attached hydrogen (secondary N) is 1. The zero-order chi connectivity index (χ0) is 27.4. The van der Waals surface area contributed by atoms with E-state index in [1.807, 2.05) is 0 Å². The van der Waals surface area contributed by atoms with Crippen molar-refractivity contribution in [3.8, 4) is 23.0 Å². The summed E-state index contributed by atoms with van der Waals surface area (Å²) in [5, 5.41) is 3.12. The number of fused-ring (bicyclic) bond motifs is 1. The lowest BCUT2D eigenvalue weighted by Gasteiger charge is -2.33. The molecule has 1 aliphatic carbocycles. The molecule has 8 nitrogen and oxygen atoms in total. The molecular weight excluding hydrogens is 503 g/mol. The van der Waals surface area contributed by atoms with E-state index in [-0.39, 0.29) is 17.5 Å². The SMILES string of the molecule is COc1ccc(OC)c(N(C(=O)c2ccc3c(c2)OCCO3)[C@@H](C(=O)NC2CCCC2)c2ccc(F)cc2)c1. The number of nitrogens with zero attached hydrogens (tertiary/aromatic N) is 1. The maximum atomic E-state index is 14.4. The minimum Gasteiger partial charge on any atom is -0.497 e. The van der Waals surface area contributed by atoms with Crippen molar-refractivity contribution in [1.82, 2.24) is 5.32 Å². The summed E-state index contributed by atoms with van der Waals surface area (Å²) in [6, 6.07) is 14.4. The fourth-order valence-corrected chi connectivity index (χ4v) is 5.08. The summed E-state index contributed by atoms with van der Waals surface area (Å²) in [7, 11) is 3.01. The van der Waals surface area contributed by atoms with E-state index in [0.717, 1.165) is 25.7 Å². The minimum atomic E-state index is -1.13. The van der Waals surface area contributed by atoms with E-state index in [9.17, 15) is 14.0 Å². The summed E-state index contributed by atoms with van der Waals surface area (Å²) >= 11 is 0. The number of ether oxygens (including phenoxy) is 4. The molecule has 3 aromatic rings. The highest BCUT2D eigenvalue weighted by Gasteiger charge is 2.37. The van der Waals surface area contributed by atoms with Crippen LogP contribution in [0.25, 0.3) is 0 Å². The minimum absolute atomic E-state index is 0.00102. The van der Waals surface area contributed by atoms with Gasteiger partial charge in [-0.05, 0) is 60.9 Å².